The summed E-state index contributed by atoms with van der Waals surface area (Å²) in [7, 11) is -3.46. The number of nitrogens with zero attached hydrogens (tertiary/aromatic N) is 2. The van der Waals surface area contributed by atoms with E-state index in [2.05, 4.69) is 10.2 Å². The number of aromatic amines is 1. The maximum atomic E-state index is 12.2. The number of sulfonamides is 1. The van der Waals surface area contributed by atoms with Crippen LogP contribution in [0.4, 0.5) is 0 Å². The molecule has 1 aromatic rings. The number of aliphatic hydroxyl groups is 1. The summed E-state index contributed by atoms with van der Waals surface area (Å²) in [6, 6.07) is 1.46. The molecule has 1 saturated carbocycles. The van der Waals surface area contributed by atoms with Crippen molar-refractivity contribution in [2.45, 2.75) is 24.0 Å². The first-order chi connectivity index (χ1) is 8.09. The second kappa shape index (κ2) is 3.79. The van der Waals surface area contributed by atoms with Crippen LogP contribution in [0.25, 0.3) is 0 Å². The van der Waals surface area contributed by atoms with E-state index in [1.807, 2.05) is 0 Å². The summed E-state index contributed by atoms with van der Waals surface area (Å²) < 4.78 is 25.9. The lowest BCUT2D eigenvalue weighted by Gasteiger charge is -2.16. The minimum Gasteiger partial charge on any atom is -0.393 e. The molecule has 2 aliphatic rings. The highest BCUT2D eigenvalue weighted by atomic mass is 32.2. The second-order valence-corrected chi connectivity index (χ2v) is 6.72. The van der Waals surface area contributed by atoms with Crippen molar-refractivity contribution in [2.24, 2.45) is 11.8 Å². The Bertz CT molecular complexity index is 499. The third-order valence-corrected chi connectivity index (χ3v) is 5.64. The Morgan fingerprint density at radius 1 is 1.41 bits per heavy atom. The monoisotopic (exact) mass is 257 g/mol. The molecule has 3 rings (SSSR count). The zero-order valence-electron chi connectivity index (χ0n) is 9.28. The molecule has 2 fully saturated rings. The number of aliphatic hydroxyl groups excluding tert-OH is 1. The van der Waals surface area contributed by atoms with Gasteiger partial charge in [-0.05, 0) is 24.8 Å². The normalized spacial score (nSPS) is 34.1. The molecule has 1 saturated heterocycles. The van der Waals surface area contributed by atoms with E-state index in [-0.39, 0.29) is 17.0 Å². The van der Waals surface area contributed by atoms with Crippen LogP contribution >= 0.6 is 0 Å². The van der Waals surface area contributed by atoms with Crippen LogP contribution in [0.5, 0.6) is 0 Å². The van der Waals surface area contributed by atoms with Crippen LogP contribution in [0.3, 0.4) is 0 Å². The molecule has 2 N–H and O–H groups in total. The first-order valence-corrected chi connectivity index (χ1v) is 7.20. The summed E-state index contributed by atoms with van der Waals surface area (Å²) in [6.45, 7) is 0.941. The lowest BCUT2D eigenvalue weighted by molar-refractivity contribution is 0.129. The summed E-state index contributed by atoms with van der Waals surface area (Å²) in [5.74, 6) is 0.412. The molecule has 7 heteroatoms. The molecule has 3 unspecified atom stereocenters. The van der Waals surface area contributed by atoms with Crippen molar-refractivity contribution in [1.82, 2.24) is 14.5 Å². The van der Waals surface area contributed by atoms with Crippen LogP contribution in [0.1, 0.15) is 12.8 Å². The van der Waals surface area contributed by atoms with Crippen molar-refractivity contribution in [2.75, 3.05) is 13.1 Å². The van der Waals surface area contributed by atoms with Crippen molar-refractivity contribution < 1.29 is 13.5 Å². The fourth-order valence-corrected chi connectivity index (χ4v) is 4.35. The topological polar surface area (TPSA) is 86.3 Å². The fourth-order valence-electron chi connectivity index (χ4n) is 2.92. The first kappa shape index (κ1) is 11.2. The highest BCUT2D eigenvalue weighted by molar-refractivity contribution is 7.89. The molecule has 1 aliphatic carbocycles. The molecular formula is C10H15N3O3S. The highest BCUT2D eigenvalue weighted by Gasteiger charge is 2.45. The molecule has 2 heterocycles. The van der Waals surface area contributed by atoms with E-state index < -0.39 is 10.0 Å². The van der Waals surface area contributed by atoms with Crippen LogP contribution in [0, 0.1) is 11.8 Å². The summed E-state index contributed by atoms with van der Waals surface area (Å²) >= 11 is 0. The second-order valence-electron chi connectivity index (χ2n) is 4.81. The van der Waals surface area contributed by atoms with E-state index in [4.69, 9.17) is 0 Å². The average Bonchev–Trinajstić information content (AvgIpc) is 2.96. The number of H-pyrrole nitrogens is 1. The largest absolute Gasteiger partial charge is 0.393 e. The van der Waals surface area contributed by atoms with E-state index in [0.717, 1.165) is 12.8 Å². The number of aromatic nitrogens is 2. The van der Waals surface area contributed by atoms with E-state index >= 15 is 0 Å². The molecule has 0 bridgehead atoms. The predicted octanol–water partition coefficient (Wildman–Crippen LogP) is -0.199. The molecule has 6 nitrogen and oxygen atoms in total. The van der Waals surface area contributed by atoms with Gasteiger partial charge < -0.3 is 5.11 Å². The van der Waals surface area contributed by atoms with Gasteiger partial charge in [-0.1, -0.05) is 0 Å². The van der Waals surface area contributed by atoms with Gasteiger partial charge in [0.1, 0.15) is 0 Å². The molecule has 17 heavy (non-hydrogen) atoms. The molecule has 1 aliphatic heterocycles. The molecule has 94 valence electrons. The number of rotatable bonds is 2. The predicted molar refractivity (Wildman–Crippen MR) is 59.6 cm³/mol. The highest BCUT2D eigenvalue weighted by Crippen LogP contribution is 2.39. The Balaban J connectivity index is 1.84. The Morgan fingerprint density at radius 2 is 2.24 bits per heavy atom. The number of hydrogen-bond donors (Lipinski definition) is 2. The summed E-state index contributed by atoms with van der Waals surface area (Å²) in [5, 5.41) is 16.1. The summed E-state index contributed by atoms with van der Waals surface area (Å²) in [5.41, 5.74) is 0. The fraction of sp³-hybridized carbons (Fsp3) is 0.700. The minimum atomic E-state index is -3.46. The lowest BCUT2D eigenvalue weighted by Crippen LogP contribution is -2.31. The Hall–Kier alpha value is -0.920. The average molecular weight is 257 g/mol. The van der Waals surface area contributed by atoms with Crippen molar-refractivity contribution in [3.8, 4) is 0 Å². The van der Waals surface area contributed by atoms with Crippen molar-refractivity contribution in [3.05, 3.63) is 12.3 Å². The molecule has 0 radical (unpaired) electrons. The van der Waals surface area contributed by atoms with Gasteiger partial charge in [-0.2, -0.15) is 9.40 Å². The third-order valence-electron chi connectivity index (χ3n) is 3.88. The van der Waals surface area contributed by atoms with Gasteiger partial charge in [0.15, 0.2) is 5.03 Å². The van der Waals surface area contributed by atoms with Gasteiger partial charge in [0.05, 0.1) is 12.3 Å². The van der Waals surface area contributed by atoms with Crippen molar-refractivity contribution in [1.29, 1.82) is 0 Å². The van der Waals surface area contributed by atoms with Crippen molar-refractivity contribution in [3.63, 3.8) is 0 Å². The first-order valence-electron chi connectivity index (χ1n) is 5.76. The Kier molecular flexibility index (Phi) is 2.49. The Morgan fingerprint density at radius 3 is 2.88 bits per heavy atom. The molecule has 1 aromatic heterocycles. The standard InChI is InChI=1S/C10H15N3O3S/c14-9-2-1-7-5-13(6-8(7)9)17(15,16)10-3-4-11-12-10/h3-4,7-9,14H,1-2,5-6H2,(H,11,12). The molecule has 0 spiro atoms. The van der Waals surface area contributed by atoms with Crippen LogP contribution < -0.4 is 0 Å². The van der Waals surface area contributed by atoms with E-state index in [1.54, 1.807) is 0 Å². The zero-order chi connectivity index (χ0) is 12.0. The summed E-state index contributed by atoms with van der Waals surface area (Å²) in [4.78, 5) is 0. The van der Waals surface area contributed by atoms with Gasteiger partial charge in [-0.3, -0.25) is 5.10 Å². The van der Waals surface area contributed by atoms with Gasteiger partial charge in [-0.25, -0.2) is 8.42 Å². The molecule has 0 aromatic carbocycles. The van der Waals surface area contributed by atoms with Crippen LogP contribution in [-0.4, -0.2) is 47.2 Å². The maximum absolute atomic E-state index is 12.2. The van der Waals surface area contributed by atoms with Gasteiger partial charge in [0.25, 0.3) is 10.0 Å². The van der Waals surface area contributed by atoms with E-state index in [1.165, 1.54) is 16.6 Å². The zero-order valence-corrected chi connectivity index (χ0v) is 10.1. The molecule has 0 amide bonds. The van der Waals surface area contributed by atoms with Gasteiger partial charge in [0, 0.05) is 19.0 Å². The smallest absolute Gasteiger partial charge is 0.259 e. The van der Waals surface area contributed by atoms with Gasteiger partial charge in [0.2, 0.25) is 0 Å². The lowest BCUT2D eigenvalue weighted by atomic mass is 10.00. The van der Waals surface area contributed by atoms with Crippen LogP contribution in [-0.2, 0) is 10.0 Å². The van der Waals surface area contributed by atoms with Crippen molar-refractivity contribution >= 4 is 10.0 Å². The molecule has 3 atom stereocenters. The molecular weight excluding hydrogens is 242 g/mol. The minimum absolute atomic E-state index is 0.104. The van der Waals surface area contributed by atoms with Gasteiger partial charge >= 0.3 is 0 Å². The SMILES string of the molecule is O=S(=O)(c1ccn[nH]1)N1CC2CCC(O)C2C1. The van der Waals surface area contributed by atoms with Gasteiger partial charge in [-0.15, -0.1) is 0 Å². The number of nitrogens with one attached hydrogen (secondary N) is 1. The summed E-state index contributed by atoms with van der Waals surface area (Å²) in [6.07, 6.45) is 2.80. The van der Waals surface area contributed by atoms with Crippen LogP contribution in [0.15, 0.2) is 17.3 Å². The Labute approximate surface area is 99.7 Å². The van der Waals surface area contributed by atoms with E-state index in [9.17, 15) is 13.5 Å². The van der Waals surface area contributed by atoms with Crippen LogP contribution in [0.2, 0.25) is 0 Å². The van der Waals surface area contributed by atoms with E-state index in [0.29, 0.717) is 19.0 Å². The third kappa shape index (κ3) is 1.69. The maximum Gasteiger partial charge on any atom is 0.259 e. The quantitative estimate of drug-likeness (QED) is 0.768. The number of fused-ring (bicyclic) bond motifs is 1. The number of hydrogen-bond acceptors (Lipinski definition) is 4.